The van der Waals surface area contributed by atoms with Crippen molar-refractivity contribution < 1.29 is 4.79 Å². The van der Waals surface area contributed by atoms with E-state index in [1.165, 1.54) is 0 Å². The number of Topliss-reactive ketones (excluding diaryl/α,β-unsaturated/α-hetero) is 1. The summed E-state index contributed by atoms with van der Waals surface area (Å²) in [5.74, 6) is 0.314. The third-order valence-corrected chi connectivity index (χ3v) is 4.50. The number of rotatable bonds is 8. The first-order chi connectivity index (χ1) is 9.44. The summed E-state index contributed by atoms with van der Waals surface area (Å²) in [6.45, 7) is 12.3. The highest BCUT2D eigenvalue weighted by Crippen LogP contribution is 2.26. The summed E-state index contributed by atoms with van der Waals surface area (Å²) >= 11 is 0. The first-order valence-corrected chi connectivity index (χ1v) is 7.72. The largest absolute Gasteiger partial charge is 0.297 e. The quantitative estimate of drug-likeness (QED) is 0.734. The molecule has 1 rings (SSSR count). The molecule has 0 saturated heterocycles. The summed E-state index contributed by atoms with van der Waals surface area (Å²) < 4.78 is 1.82. The Morgan fingerprint density at radius 1 is 1.25 bits per heavy atom. The molecule has 1 aromatic heterocycles. The van der Waals surface area contributed by atoms with Gasteiger partial charge in [0.25, 0.3) is 0 Å². The van der Waals surface area contributed by atoms with Gasteiger partial charge in [0, 0.05) is 12.7 Å². The molecule has 0 aliphatic rings. The fourth-order valence-corrected chi connectivity index (χ4v) is 3.26. The Balaban J connectivity index is 3.03. The van der Waals surface area contributed by atoms with Crippen LogP contribution in [0.4, 0.5) is 0 Å². The second-order valence-electron chi connectivity index (χ2n) is 5.41. The van der Waals surface area contributed by atoms with E-state index in [1.807, 2.05) is 24.7 Å². The van der Waals surface area contributed by atoms with Crippen LogP contribution in [0, 0.1) is 6.92 Å². The molecular formula is C16H29N3O. The maximum Gasteiger partial charge on any atom is 0.158 e. The Hall–Kier alpha value is -1.16. The number of hydrogen-bond acceptors (Lipinski definition) is 3. The number of nitrogens with zero attached hydrogens (tertiary/aromatic N) is 3. The molecule has 0 amide bonds. The smallest absolute Gasteiger partial charge is 0.158 e. The van der Waals surface area contributed by atoms with Crippen LogP contribution >= 0.6 is 0 Å². The van der Waals surface area contributed by atoms with Gasteiger partial charge in [-0.2, -0.15) is 5.10 Å². The molecule has 4 nitrogen and oxygen atoms in total. The van der Waals surface area contributed by atoms with Gasteiger partial charge < -0.3 is 0 Å². The molecule has 0 radical (unpaired) electrons. The van der Waals surface area contributed by atoms with Crippen LogP contribution in [0.1, 0.15) is 51.9 Å². The van der Waals surface area contributed by atoms with Crippen molar-refractivity contribution in [2.45, 2.75) is 59.4 Å². The van der Waals surface area contributed by atoms with Crippen molar-refractivity contribution >= 4 is 5.78 Å². The van der Waals surface area contributed by atoms with Crippen molar-refractivity contribution in [1.82, 2.24) is 14.7 Å². The fourth-order valence-electron chi connectivity index (χ4n) is 3.26. The van der Waals surface area contributed by atoms with E-state index in [9.17, 15) is 4.79 Å². The Kier molecular flexibility index (Phi) is 5.93. The summed E-state index contributed by atoms with van der Waals surface area (Å²) in [5.41, 5.74) is 1.64. The molecule has 0 atom stereocenters. The van der Waals surface area contributed by atoms with E-state index in [4.69, 9.17) is 0 Å². The van der Waals surface area contributed by atoms with Gasteiger partial charge in [0.2, 0.25) is 0 Å². The zero-order valence-corrected chi connectivity index (χ0v) is 13.9. The molecular weight excluding hydrogens is 250 g/mol. The van der Waals surface area contributed by atoms with E-state index in [2.05, 4.69) is 37.7 Å². The van der Waals surface area contributed by atoms with Gasteiger partial charge in [-0.3, -0.25) is 14.4 Å². The van der Waals surface area contributed by atoms with E-state index in [0.717, 1.165) is 37.3 Å². The summed E-state index contributed by atoms with van der Waals surface area (Å²) in [7, 11) is 1.91. The normalized spacial score (nSPS) is 12.2. The molecule has 0 aliphatic heterocycles. The molecule has 0 fully saturated rings. The van der Waals surface area contributed by atoms with Gasteiger partial charge in [-0.05, 0) is 38.9 Å². The molecule has 0 saturated carbocycles. The minimum atomic E-state index is -0.332. The molecule has 0 spiro atoms. The third-order valence-electron chi connectivity index (χ3n) is 4.50. The van der Waals surface area contributed by atoms with Crippen LogP contribution < -0.4 is 0 Å². The van der Waals surface area contributed by atoms with Crippen LogP contribution in [0.3, 0.4) is 0 Å². The van der Waals surface area contributed by atoms with Crippen molar-refractivity contribution in [3.63, 3.8) is 0 Å². The molecule has 4 heteroatoms. The average Bonchev–Trinajstić information content (AvgIpc) is 2.74. The number of ketones is 1. The molecule has 0 unspecified atom stereocenters. The van der Waals surface area contributed by atoms with Gasteiger partial charge in [-0.15, -0.1) is 0 Å². The first kappa shape index (κ1) is 16.9. The second-order valence-corrected chi connectivity index (χ2v) is 5.41. The molecule has 0 aliphatic carbocycles. The highest BCUT2D eigenvalue weighted by atomic mass is 16.1. The van der Waals surface area contributed by atoms with Gasteiger partial charge in [0.15, 0.2) is 5.78 Å². The Bertz CT molecular complexity index is 443. The highest BCUT2D eigenvalue weighted by Gasteiger charge is 2.39. The zero-order chi connectivity index (χ0) is 15.3. The van der Waals surface area contributed by atoms with Crippen LogP contribution in [0.25, 0.3) is 0 Å². The molecule has 0 N–H and O–H groups in total. The maximum atomic E-state index is 12.9. The fraction of sp³-hybridized carbons (Fsp3) is 0.750. The molecule has 0 bridgehead atoms. The Labute approximate surface area is 123 Å². The predicted molar refractivity (Wildman–Crippen MR) is 82.9 cm³/mol. The molecule has 0 aromatic carbocycles. The minimum absolute atomic E-state index is 0.314. The standard InChI is InChI=1S/C16H29N3O/c1-7-16(8-2,19(9-3)10-4)15(20)12-14-11-13(5)17-18(14)6/h11H,7-10,12H2,1-6H3. The number of likely N-dealkylation sites (N-methyl/N-ethyl adjacent to an activating group) is 1. The first-order valence-electron chi connectivity index (χ1n) is 7.72. The summed E-state index contributed by atoms with van der Waals surface area (Å²) in [6.07, 6.45) is 2.19. The monoisotopic (exact) mass is 279 g/mol. The SMILES string of the molecule is CCN(CC)C(CC)(CC)C(=O)Cc1cc(C)nn1C. The van der Waals surface area contributed by atoms with Gasteiger partial charge in [0.1, 0.15) is 0 Å². The topological polar surface area (TPSA) is 38.1 Å². The zero-order valence-electron chi connectivity index (χ0n) is 13.9. The molecule has 20 heavy (non-hydrogen) atoms. The third kappa shape index (κ3) is 3.11. The van der Waals surface area contributed by atoms with Crippen molar-refractivity contribution in [1.29, 1.82) is 0 Å². The lowest BCUT2D eigenvalue weighted by Crippen LogP contribution is -2.54. The lowest BCUT2D eigenvalue weighted by molar-refractivity contribution is -0.131. The number of aryl methyl sites for hydroxylation is 2. The van der Waals surface area contributed by atoms with E-state index in [0.29, 0.717) is 12.2 Å². The number of aromatic nitrogens is 2. The summed E-state index contributed by atoms with van der Waals surface area (Å²) in [4.78, 5) is 15.2. The Morgan fingerprint density at radius 2 is 1.80 bits per heavy atom. The van der Waals surface area contributed by atoms with Crippen molar-refractivity contribution in [2.75, 3.05) is 13.1 Å². The lowest BCUT2D eigenvalue weighted by atomic mass is 9.83. The van der Waals surface area contributed by atoms with Crippen LogP contribution in [-0.4, -0.2) is 39.1 Å². The van der Waals surface area contributed by atoms with E-state index in [-0.39, 0.29) is 5.54 Å². The van der Waals surface area contributed by atoms with E-state index >= 15 is 0 Å². The maximum absolute atomic E-state index is 12.9. The van der Waals surface area contributed by atoms with Crippen molar-refractivity contribution in [3.8, 4) is 0 Å². The van der Waals surface area contributed by atoms with Crippen LogP contribution in [0.5, 0.6) is 0 Å². The second kappa shape index (κ2) is 7.02. The van der Waals surface area contributed by atoms with E-state index in [1.54, 1.807) is 0 Å². The number of carbonyl (C=O) groups is 1. The van der Waals surface area contributed by atoms with Gasteiger partial charge >= 0.3 is 0 Å². The van der Waals surface area contributed by atoms with Crippen molar-refractivity contribution in [2.24, 2.45) is 7.05 Å². The predicted octanol–water partition coefficient (Wildman–Crippen LogP) is 2.74. The molecule has 114 valence electrons. The van der Waals surface area contributed by atoms with Crippen molar-refractivity contribution in [3.05, 3.63) is 17.5 Å². The molecule has 1 aromatic rings. The van der Waals surface area contributed by atoms with Gasteiger partial charge in [-0.25, -0.2) is 0 Å². The van der Waals surface area contributed by atoms with Gasteiger partial charge in [-0.1, -0.05) is 27.7 Å². The molecule has 1 heterocycles. The van der Waals surface area contributed by atoms with Crippen LogP contribution in [0.2, 0.25) is 0 Å². The average molecular weight is 279 g/mol. The highest BCUT2D eigenvalue weighted by molar-refractivity contribution is 5.90. The van der Waals surface area contributed by atoms with Gasteiger partial charge in [0.05, 0.1) is 17.7 Å². The minimum Gasteiger partial charge on any atom is -0.297 e. The lowest BCUT2D eigenvalue weighted by Gasteiger charge is -2.41. The Morgan fingerprint density at radius 3 is 2.15 bits per heavy atom. The van der Waals surface area contributed by atoms with Crippen LogP contribution in [0.15, 0.2) is 6.07 Å². The number of hydrogen-bond donors (Lipinski definition) is 0. The summed E-state index contributed by atoms with van der Waals surface area (Å²) in [6, 6.07) is 2.01. The van der Waals surface area contributed by atoms with E-state index < -0.39 is 0 Å². The summed E-state index contributed by atoms with van der Waals surface area (Å²) in [5, 5.41) is 4.33. The number of carbonyl (C=O) groups excluding carboxylic acids is 1. The van der Waals surface area contributed by atoms with Crippen LogP contribution in [-0.2, 0) is 18.3 Å².